The van der Waals surface area contributed by atoms with E-state index in [9.17, 15) is 4.79 Å². The van der Waals surface area contributed by atoms with E-state index >= 15 is 0 Å². The number of hydrogen-bond acceptors (Lipinski definition) is 5. The molecule has 1 aliphatic heterocycles. The molecule has 0 unspecified atom stereocenters. The van der Waals surface area contributed by atoms with Gasteiger partial charge in [0, 0.05) is 38.9 Å². The summed E-state index contributed by atoms with van der Waals surface area (Å²) in [4.78, 5) is 22.3. The Hall–Kier alpha value is -1.78. The van der Waals surface area contributed by atoms with Gasteiger partial charge in [-0.1, -0.05) is 6.07 Å². The molecule has 1 aromatic rings. The van der Waals surface area contributed by atoms with Crippen molar-refractivity contribution in [1.29, 1.82) is 0 Å². The van der Waals surface area contributed by atoms with Crippen LogP contribution in [-0.2, 0) is 11.3 Å². The molecule has 2 heterocycles. The van der Waals surface area contributed by atoms with Crippen LogP contribution >= 0.6 is 24.0 Å². The minimum absolute atomic E-state index is 0. The monoisotopic (exact) mass is 517 g/mol. The Bertz CT molecular complexity index is 695. The molecule has 1 aromatic heterocycles. The SMILES string of the molecule is CN=C(NCc1ccc(OCC2CC2)nc1)NC1CN(C(=O)OC(C)(C)C)C1.I. The molecule has 1 saturated carbocycles. The first-order chi connectivity index (χ1) is 13.3. The smallest absolute Gasteiger partial charge is 0.410 e. The Morgan fingerprint density at radius 3 is 2.59 bits per heavy atom. The summed E-state index contributed by atoms with van der Waals surface area (Å²) in [6, 6.07) is 4.07. The predicted molar refractivity (Wildman–Crippen MR) is 123 cm³/mol. The van der Waals surface area contributed by atoms with Crippen molar-refractivity contribution in [3.8, 4) is 5.88 Å². The number of halogens is 1. The van der Waals surface area contributed by atoms with Gasteiger partial charge >= 0.3 is 6.09 Å². The van der Waals surface area contributed by atoms with Gasteiger partial charge in [0.25, 0.3) is 0 Å². The number of nitrogens with zero attached hydrogens (tertiary/aromatic N) is 3. The van der Waals surface area contributed by atoms with E-state index in [4.69, 9.17) is 9.47 Å². The van der Waals surface area contributed by atoms with Crippen LogP contribution in [0, 0.1) is 5.92 Å². The summed E-state index contributed by atoms with van der Waals surface area (Å²) < 4.78 is 11.0. The van der Waals surface area contributed by atoms with Crippen LogP contribution in [0.5, 0.6) is 5.88 Å². The molecule has 1 aliphatic carbocycles. The molecule has 0 aromatic carbocycles. The van der Waals surface area contributed by atoms with Crippen molar-refractivity contribution in [3.05, 3.63) is 23.9 Å². The first kappa shape index (κ1) is 23.5. The lowest BCUT2D eigenvalue weighted by atomic mass is 10.1. The van der Waals surface area contributed by atoms with Gasteiger partial charge in [0.2, 0.25) is 5.88 Å². The third-order valence-electron chi connectivity index (χ3n) is 4.52. The van der Waals surface area contributed by atoms with Crippen molar-refractivity contribution < 1.29 is 14.3 Å². The maximum atomic E-state index is 12.0. The van der Waals surface area contributed by atoms with Crippen LogP contribution in [-0.4, -0.2) is 60.3 Å². The van der Waals surface area contributed by atoms with Crippen LogP contribution in [0.4, 0.5) is 4.79 Å². The molecule has 0 bridgehead atoms. The molecule has 8 nitrogen and oxygen atoms in total. The molecule has 1 amide bonds. The third-order valence-corrected chi connectivity index (χ3v) is 4.52. The molecule has 29 heavy (non-hydrogen) atoms. The van der Waals surface area contributed by atoms with Gasteiger partial charge in [-0.3, -0.25) is 4.99 Å². The maximum Gasteiger partial charge on any atom is 0.410 e. The van der Waals surface area contributed by atoms with Gasteiger partial charge in [-0.25, -0.2) is 9.78 Å². The topological polar surface area (TPSA) is 88.1 Å². The lowest BCUT2D eigenvalue weighted by Gasteiger charge is -2.40. The Balaban J connectivity index is 0.00000300. The van der Waals surface area contributed by atoms with E-state index < -0.39 is 5.60 Å². The fourth-order valence-electron chi connectivity index (χ4n) is 2.71. The van der Waals surface area contributed by atoms with E-state index in [2.05, 4.69) is 20.6 Å². The van der Waals surface area contributed by atoms with Gasteiger partial charge in [0.15, 0.2) is 5.96 Å². The zero-order chi connectivity index (χ0) is 20.1. The standard InChI is InChI=1S/C20H31N5O3.HI/c1-20(2,3)28-19(26)25-11-16(12-25)24-18(21-4)23-10-15-7-8-17(22-9-15)27-13-14-5-6-14;/h7-9,14,16H,5-6,10-13H2,1-4H3,(H2,21,23,24);1H. The highest BCUT2D eigenvalue weighted by atomic mass is 127. The molecule has 2 N–H and O–H groups in total. The van der Waals surface area contributed by atoms with Crippen LogP contribution in [0.25, 0.3) is 0 Å². The highest BCUT2D eigenvalue weighted by Gasteiger charge is 2.34. The number of hydrogen-bond donors (Lipinski definition) is 2. The quantitative estimate of drug-likeness (QED) is 0.343. The molecule has 2 aliphatic rings. The van der Waals surface area contributed by atoms with Crippen LogP contribution in [0.15, 0.2) is 23.3 Å². The molecule has 1 saturated heterocycles. The number of aliphatic imine (C=N–C) groups is 1. The van der Waals surface area contributed by atoms with Gasteiger partial charge in [0.05, 0.1) is 12.6 Å². The Morgan fingerprint density at radius 2 is 2.03 bits per heavy atom. The summed E-state index contributed by atoms with van der Waals surface area (Å²) >= 11 is 0. The number of rotatable bonds is 6. The first-order valence-electron chi connectivity index (χ1n) is 9.85. The number of guanidine groups is 1. The van der Waals surface area contributed by atoms with Crippen molar-refractivity contribution in [2.45, 2.75) is 51.8 Å². The summed E-state index contributed by atoms with van der Waals surface area (Å²) in [6.45, 7) is 8.18. The lowest BCUT2D eigenvalue weighted by Crippen LogP contribution is -2.63. The maximum absolute atomic E-state index is 12.0. The van der Waals surface area contributed by atoms with E-state index in [0.717, 1.165) is 18.1 Å². The van der Waals surface area contributed by atoms with Crippen molar-refractivity contribution in [2.24, 2.45) is 10.9 Å². The Morgan fingerprint density at radius 1 is 1.31 bits per heavy atom. The molecule has 0 radical (unpaired) electrons. The largest absolute Gasteiger partial charge is 0.477 e. The number of carbonyl (C=O) groups excluding carboxylic acids is 1. The molecular weight excluding hydrogens is 485 g/mol. The van der Waals surface area contributed by atoms with Gasteiger partial charge < -0.3 is 25.0 Å². The van der Waals surface area contributed by atoms with Crippen molar-refractivity contribution in [2.75, 3.05) is 26.7 Å². The Labute approximate surface area is 189 Å². The molecule has 162 valence electrons. The minimum atomic E-state index is -0.473. The first-order valence-corrected chi connectivity index (χ1v) is 9.85. The highest BCUT2D eigenvalue weighted by molar-refractivity contribution is 14.0. The summed E-state index contributed by atoms with van der Waals surface area (Å²) in [5.41, 5.74) is 0.574. The number of amides is 1. The molecule has 2 fully saturated rings. The van der Waals surface area contributed by atoms with Crippen molar-refractivity contribution in [1.82, 2.24) is 20.5 Å². The van der Waals surface area contributed by atoms with E-state index in [1.807, 2.05) is 39.1 Å². The van der Waals surface area contributed by atoms with Gasteiger partial charge in [0.1, 0.15) is 5.60 Å². The van der Waals surface area contributed by atoms with E-state index in [1.54, 1.807) is 11.9 Å². The summed E-state index contributed by atoms with van der Waals surface area (Å²) in [5, 5.41) is 6.59. The number of ether oxygens (including phenoxy) is 2. The summed E-state index contributed by atoms with van der Waals surface area (Å²) in [7, 11) is 1.73. The fourth-order valence-corrected chi connectivity index (χ4v) is 2.71. The third kappa shape index (κ3) is 7.87. The van der Waals surface area contributed by atoms with Gasteiger partial charge in [-0.2, -0.15) is 0 Å². The normalized spacial score (nSPS) is 17.1. The molecule has 3 rings (SSSR count). The zero-order valence-electron chi connectivity index (χ0n) is 17.6. The van der Waals surface area contributed by atoms with Crippen LogP contribution in [0.2, 0.25) is 0 Å². The summed E-state index contributed by atoms with van der Waals surface area (Å²) in [5.74, 6) is 2.09. The average Bonchev–Trinajstić information content (AvgIpc) is 3.42. The fraction of sp³-hybridized carbons (Fsp3) is 0.650. The lowest BCUT2D eigenvalue weighted by molar-refractivity contribution is 0.00701. The number of pyridine rings is 1. The predicted octanol–water partition coefficient (Wildman–Crippen LogP) is 2.77. The number of aromatic nitrogens is 1. The molecular formula is C20H32IN5O3. The van der Waals surface area contributed by atoms with Gasteiger partial charge in [-0.15, -0.1) is 24.0 Å². The van der Waals surface area contributed by atoms with Crippen molar-refractivity contribution >= 4 is 36.0 Å². The molecule has 0 atom stereocenters. The van der Waals surface area contributed by atoms with Crippen LogP contribution < -0.4 is 15.4 Å². The van der Waals surface area contributed by atoms with Crippen molar-refractivity contribution in [3.63, 3.8) is 0 Å². The average molecular weight is 517 g/mol. The number of carbonyl (C=O) groups is 1. The van der Waals surface area contributed by atoms with Crippen LogP contribution in [0.3, 0.4) is 0 Å². The van der Waals surface area contributed by atoms with Crippen LogP contribution in [0.1, 0.15) is 39.2 Å². The highest BCUT2D eigenvalue weighted by Crippen LogP contribution is 2.29. The van der Waals surface area contributed by atoms with E-state index in [-0.39, 0.29) is 36.1 Å². The second-order valence-corrected chi connectivity index (χ2v) is 8.41. The number of nitrogens with one attached hydrogen (secondary N) is 2. The van der Waals surface area contributed by atoms with Gasteiger partial charge in [-0.05, 0) is 45.1 Å². The second kappa shape index (κ2) is 10.3. The summed E-state index contributed by atoms with van der Waals surface area (Å²) in [6.07, 6.45) is 4.08. The number of likely N-dealkylation sites (tertiary alicyclic amines) is 1. The molecule has 0 spiro atoms. The second-order valence-electron chi connectivity index (χ2n) is 8.41. The van der Waals surface area contributed by atoms with E-state index in [0.29, 0.717) is 31.5 Å². The van der Waals surface area contributed by atoms with E-state index in [1.165, 1.54) is 12.8 Å². The Kier molecular flexibility index (Phi) is 8.35. The zero-order valence-corrected chi connectivity index (χ0v) is 19.9. The minimum Gasteiger partial charge on any atom is -0.477 e. The molecule has 9 heteroatoms.